The van der Waals surface area contributed by atoms with Crippen molar-refractivity contribution in [3.63, 3.8) is 0 Å². The molecule has 0 bridgehead atoms. The highest BCUT2D eigenvalue weighted by atomic mass is 16.5. The van der Waals surface area contributed by atoms with Crippen LogP contribution in [0.4, 0.5) is 0 Å². The smallest absolute Gasteiger partial charge is 0.277 e. The van der Waals surface area contributed by atoms with Gasteiger partial charge in [0.2, 0.25) is 0 Å². The van der Waals surface area contributed by atoms with Gasteiger partial charge in [0.05, 0.1) is 5.71 Å². The lowest BCUT2D eigenvalue weighted by Gasteiger charge is -2.15. The number of carbonyl (C=O) groups is 1. The van der Waals surface area contributed by atoms with Gasteiger partial charge in [0.25, 0.3) is 5.91 Å². The quantitative estimate of drug-likeness (QED) is 0.459. The van der Waals surface area contributed by atoms with Crippen molar-refractivity contribution < 1.29 is 9.53 Å². The molecule has 2 aromatic rings. The monoisotopic (exact) mass is 366 g/mol. The molecular weight excluding hydrogens is 336 g/mol. The lowest BCUT2D eigenvalue weighted by molar-refractivity contribution is -0.123. The molecule has 2 rings (SSSR count). The van der Waals surface area contributed by atoms with Crippen LogP contribution in [0.2, 0.25) is 0 Å². The zero-order valence-electron chi connectivity index (χ0n) is 16.6. The lowest BCUT2D eigenvalue weighted by Crippen LogP contribution is -2.26. The van der Waals surface area contributed by atoms with Crippen LogP contribution in [0.1, 0.15) is 63.5 Å². The van der Waals surface area contributed by atoms with Gasteiger partial charge in [-0.1, -0.05) is 75.7 Å². The molecule has 4 heteroatoms. The van der Waals surface area contributed by atoms with E-state index in [-0.39, 0.29) is 12.5 Å². The van der Waals surface area contributed by atoms with Gasteiger partial charge in [-0.3, -0.25) is 4.79 Å². The summed E-state index contributed by atoms with van der Waals surface area (Å²) in [6, 6.07) is 17.9. The third-order valence-electron chi connectivity index (χ3n) is 4.61. The number of amides is 1. The molecule has 0 aliphatic carbocycles. The maximum Gasteiger partial charge on any atom is 0.277 e. The number of ether oxygens (including phenoxy) is 1. The molecule has 0 saturated heterocycles. The molecule has 0 aliphatic rings. The van der Waals surface area contributed by atoms with Crippen LogP contribution in [-0.4, -0.2) is 18.2 Å². The van der Waals surface area contributed by atoms with Crippen LogP contribution < -0.4 is 10.2 Å². The SMILES string of the molecule is CCCCC(=NNC(=O)COc1ccccc1C(C)CC)c1ccccc1. The molecule has 1 N–H and O–H groups in total. The van der Waals surface area contributed by atoms with E-state index in [1.807, 2.05) is 48.5 Å². The third-order valence-corrected chi connectivity index (χ3v) is 4.61. The highest BCUT2D eigenvalue weighted by molar-refractivity contribution is 6.01. The number of para-hydroxylation sites is 1. The number of nitrogens with one attached hydrogen (secondary N) is 1. The largest absolute Gasteiger partial charge is 0.483 e. The van der Waals surface area contributed by atoms with Crippen molar-refractivity contribution in [1.29, 1.82) is 0 Å². The lowest BCUT2D eigenvalue weighted by atomic mass is 9.98. The molecule has 4 nitrogen and oxygen atoms in total. The minimum atomic E-state index is -0.251. The van der Waals surface area contributed by atoms with Crippen LogP contribution in [-0.2, 0) is 4.79 Å². The number of nitrogens with zero attached hydrogens (tertiary/aromatic N) is 1. The van der Waals surface area contributed by atoms with E-state index in [0.717, 1.165) is 48.3 Å². The predicted molar refractivity (Wildman–Crippen MR) is 111 cm³/mol. The number of hydrogen-bond acceptors (Lipinski definition) is 3. The Morgan fingerprint density at radius 1 is 1.07 bits per heavy atom. The molecule has 0 saturated carbocycles. The summed E-state index contributed by atoms with van der Waals surface area (Å²) in [7, 11) is 0. The van der Waals surface area contributed by atoms with Crippen molar-refractivity contribution in [2.24, 2.45) is 5.10 Å². The number of carbonyl (C=O) groups excluding carboxylic acids is 1. The van der Waals surface area contributed by atoms with Gasteiger partial charge in [-0.25, -0.2) is 5.43 Å². The summed E-state index contributed by atoms with van der Waals surface area (Å²) in [5, 5.41) is 4.35. The van der Waals surface area contributed by atoms with Crippen LogP contribution in [0, 0.1) is 0 Å². The Morgan fingerprint density at radius 3 is 2.48 bits per heavy atom. The minimum absolute atomic E-state index is 0.0488. The van der Waals surface area contributed by atoms with Gasteiger partial charge in [0, 0.05) is 0 Å². The second kappa shape index (κ2) is 11.2. The van der Waals surface area contributed by atoms with Crippen molar-refractivity contribution in [2.75, 3.05) is 6.61 Å². The highest BCUT2D eigenvalue weighted by Crippen LogP contribution is 2.28. The van der Waals surface area contributed by atoms with Crippen LogP contribution in [0.15, 0.2) is 59.7 Å². The number of benzene rings is 2. The third kappa shape index (κ3) is 6.55. The summed E-state index contributed by atoms with van der Waals surface area (Å²) in [5.74, 6) is 0.903. The highest BCUT2D eigenvalue weighted by Gasteiger charge is 2.11. The van der Waals surface area contributed by atoms with Gasteiger partial charge < -0.3 is 4.74 Å². The zero-order valence-corrected chi connectivity index (χ0v) is 16.6. The van der Waals surface area contributed by atoms with E-state index in [2.05, 4.69) is 37.4 Å². The van der Waals surface area contributed by atoms with Crippen molar-refractivity contribution >= 4 is 11.6 Å². The van der Waals surface area contributed by atoms with Crippen molar-refractivity contribution in [3.8, 4) is 5.75 Å². The second-order valence-corrected chi connectivity index (χ2v) is 6.70. The summed E-state index contributed by atoms with van der Waals surface area (Å²) in [6.45, 7) is 6.40. The van der Waals surface area contributed by atoms with Crippen molar-refractivity contribution in [2.45, 2.75) is 52.4 Å². The van der Waals surface area contributed by atoms with Crippen LogP contribution >= 0.6 is 0 Å². The minimum Gasteiger partial charge on any atom is -0.483 e. The molecular formula is C23H30N2O2. The first kappa shape index (κ1) is 20.7. The Balaban J connectivity index is 1.99. The van der Waals surface area contributed by atoms with Crippen molar-refractivity contribution in [1.82, 2.24) is 5.43 Å². The number of unbranched alkanes of at least 4 members (excludes halogenated alkanes) is 1. The predicted octanol–water partition coefficient (Wildman–Crippen LogP) is 5.29. The number of hydrogen-bond donors (Lipinski definition) is 1. The Hall–Kier alpha value is -2.62. The number of hydrazone groups is 1. The molecule has 1 atom stereocenters. The fraction of sp³-hybridized carbons (Fsp3) is 0.391. The van der Waals surface area contributed by atoms with Gasteiger partial charge in [0.1, 0.15) is 5.75 Å². The molecule has 0 radical (unpaired) electrons. The molecule has 1 amide bonds. The van der Waals surface area contributed by atoms with Crippen LogP contribution in [0.3, 0.4) is 0 Å². The maximum atomic E-state index is 12.2. The van der Waals surface area contributed by atoms with E-state index in [4.69, 9.17) is 4.74 Å². The summed E-state index contributed by atoms with van der Waals surface area (Å²) >= 11 is 0. The van der Waals surface area contributed by atoms with Gasteiger partial charge in [0.15, 0.2) is 6.61 Å². The van der Waals surface area contributed by atoms with Gasteiger partial charge in [-0.05, 0) is 42.4 Å². The average molecular weight is 367 g/mol. The molecule has 144 valence electrons. The summed E-state index contributed by atoms with van der Waals surface area (Å²) in [5.41, 5.74) is 5.71. The first-order valence-corrected chi connectivity index (χ1v) is 9.78. The zero-order chi connectivity index (χ0) is 19.5. The Labute approximate surface area is 162 Å². The van der Waals surface area contributed by atoms with Crippen LogP contribution in [0.5, 0.6) is 5.75 Å². The summed E-state index contributed by atoms with van der Waals surface area (Å²) < 4.78 is 5.76. The summed E-state index contributed by atoms with van der Waals surface area (Å²) in [4.78, 5) is 12.2. The van der Waals surface area contributed by atoms with E-state index in [9.17, 15) is 4.79 Å². The molecule has 0 heterocycles. The molecule has 2 aromatic carbocycles. The van der Waals surface area contributed by atoms with E-state index in [1.54, 1.807) is 0 Å². The first-order valence-electron chi connectivity index (χ1n) is 9.78. The molecule has 0 aliphatic heterocycles. The molecule has 0 spiro atoms. The average Bonchev–Trinajstić information content (AvgIpc) is 2.72. The molecule has 0 aromatic heterocycles. The molecule has 0 fully saturated rings. The number of rotatable bonds is 10. The van der Waals surface area contributed by atoms with Gasteiger partial charge in [-0.15, -0.1) is 0 Å². The fourth-order valence-corrected chi connectivity index (χ4v) is 2.78. The standard InChI is InChI=1S/C23H30N2O2/c1-4-6-15-21(19-12-8-7-9-13-19)24-25-23(26)17-27-22-16-11-10-14-20(22)18(3)5-2/h7-14,16,18H,4-6,15,17H2,1-3H3,(H,25,26). The molecule has 1 unspecified atom stereocenters. The fourth-order valence-electron chi connectivity index (χ4n) is 2.78. The molecule has 27 heavy (non-hydrogen) atoms. The van der Waals surface area contributed by atoms with Gasteiger partial charge >= 0.3 is 0 Å². The van der Waals surface area contributed by atoms with E-state index in [0.29, 0.717) is 5.92 Å². The first-order chi connectivity index (χ1) is 13.2. The van der Waals surface area contributed by atoms with Gasteiger partial charge in [-0.2, -0.15) is 5.10 Å². The maximum absolute atomic E-state index is 12.2. The Bertz CT molecular complexity index is 741. The Kier molecular flexibility index (Phi) is 8.56. The normalized spacial score (nSPS) is 12.5. The topological polar surface area (TPSA) is 50.7 Å². The van der Waals surface area contributed by atoms with E-state index < -0.39 is 0 Å². The van der Waals surface area contributed by atoms with Crippen LogP contribution in [0.25, 0.3) is 0 Å². The summed E-state index contributed by atoms with van der Waals surface area (Å²) in [6.07, 6.45) is 3.96. The van der Waals surface area contributed by atoms with Crippen molar-refractivity contribution in [3.05, 3.63) is 65.7 Å². The Morgan fingerprint density at radius 2 is 1.78 bits per heavy atom. The van der Waals surface area contributed by atoms with E-state index >= 15 is 0 Å². The second-order valence-electron chi connectivity index (χ2n) is 6.70. The van der Waals surface area contributed by atoms with E-state index in [1.165, 1.54) is 0 Å².